The van der Waals surface area contributed by atoms with Gasteiger partial charge in [0.2, 0.25) is 0 Å². The molecule has 0 amide bonds. The molecule has 2 aromatic rings. The summed E-state index contributed by atoms with van der Waals surface area (Å²) in [6, 6.07) is 7.60. The van der Waals surface area contributed by atoms with E-state index in [1.807, 2.05) is 0 Å². The van der Waals surface area contributed by atoms with Gasteiger partial charge in [-0.3, -0.25) is 4.79 Å². The molecule has 0 spiro atoms. The number of alkyl halides is 3. The second-order valence-electron chi connectivity index (χ2n) is 3.76. The molecule has 20 heavy (non-hydrogen) atoms. The maximum Gasteiger partial charge on any atom is 0.434 e. The molecule has 2 rings (SSSR count). The van der Waals surface area contributed by atoms with Crippen molar-refractivity contribution in [1.29, 1.82) is 0 Å². The molecule has 0 atom stereocenters. The Kier molecular flexibility index (Phi) is 3.49. The van der Waals surface area contributed by atoms with Crippen LogP contribution in [0.4, 0.5) is 13.2 Å². The zero-order valence-electron chi connectivity index (χ0n) is 9.87. The third-order valence-electron chi connectivity index (χ3n) is 2.48. The van der Waals surface area contributed by atoms with E-state index in [0.717, 1.165) is 6.20 Å². The van der Waals surface area contributed by atoms with E-state index >= 15 is 0 Å². The number of aromatic nitrogens is 2. The Morgan fingerprint density at radius 3 is 2.50 bits per heavy atom. The number of Topliss-reactive ketones (excluding diaryl/α,β-unsaturated/α-hetero) is 1. The summed E-state index contributed by atoms with van der Waals surface area (Å²) >= 11 is 0. The quantitative estimate of drug-likeness (QED) is 0.375. The summed E-state index contributed by atoms with van der Waals surface area (Å²) in [4.78, 5) is 13.9. The van der Waals surface area contributed by atoms with Gasteiger partial charge in [-0.15, -0.1) is 0 Å². The topological polar surface area (TPSA) is 71.3 Å². The van der Waals surface area contributed by atoms with Crippen LogP contribution < -0.4 is 0 Å². The van der Waals surface area contributed by atoms with Crippen LogP contribution in [-0.2, 0) is 6.18 Å². The highest BCUT2D eigenvalue weighted by Crippen LogP contribution is 2.33. The summed E-state index contributed by atoms with van der Waals surface area (Å²) < 4.78 is 39.9. The van der Waals surface area contributed by atoms with Gasteiger partial charge in [-0.2, -0.15) is 23.1 Å². The lowest BCUT2D eigenvalue weighted by molar-refractivity contribution is -0.143. The molecule has 0 fully saturated rings. The number of para-hydroxylation sites is 1. The predicted molar refractivity (Wildman–Crippen MR) is 62.6 cm³/mol. The second kappa shape index (κ2) is 5.10. The van der Waals surface area contributed by atoms with Crippen LogP contribution in [0.5, 0.6) is 0 Å². The normalized spacial score (nSPS) is 10.9. The van der Waals surface area contributed by atoms with E-state index in [1.54, 1.807) is 18.2 Å². The van der Waals surface area contributed by atoms with Gasteiger partial charge in [-0.05, 0) is 12.1 Å². The number of nitrogens with zero attached hydrogens (tertiary/aromatic N) is 4. The van der Waals surface area contributed by atoms with Crippen molar-refractivity contribution in [2.24, 2.45) is 0 Å². The van der Waals surface area contributed by atoms with Crippen molar-refractivity contribution in [3.63, 3.8) is 0 Å². The molecule has 0 aliphatic heterocycles. The van der Waals surface area contributed by atoms with Crippen molar-refractivity contribution < 1.29 is 22.8 Å². The number of carbonyl (C=O) groups excluding carboxylic acids is 1. The maximum absolute atomic E-state index is 13.1. The molecular formula is C12H7F3N4O. The third kappa shape index (κ3) is 2.50. The number of halogens is 3. The van der Waals surface area contributed by atoms with Crippen LogP contribution in [-0.4, -0.2) is 26.6 Å². The first-order valence-corrected chi connectivity index (χ1v) is 5.37. The molecular weight excluding hydrogens is 273 g/mol. The Hall–Kier alpha value is -2.73. The molecule has 1 heterocycles. The minimum absolute atomic E-state index is 0.166. The van der Waals surface area contributed by atoms with Gasteiger partial charge in [-0.25, -0.2) is 4.68 Å². The summed E-state index contributed by atoms with van der Waals surface area (Å²) in [5.41, 5.74) is 6.53. The number of benzene rings is 1. The zero-order valence-corrected chi connectivity index (χ0v) is 9.87. The number of ketones is 1. The lowest BCUT2D eigenvalue weighted by atomic mass is 10.1. The highest BCUT2D eigenvalue weighted by atomic mass is 19.4. The third-order valence-corrected chi connectivity index (χ3v) is 2.48. The molecule has 0 unspecified atom stereocenters. The van der Waals surface area contributed by atoms with Crippen molar-refractivity contribution >= 4 is 12.0 Å². The molecule has 0 bridgehead atoms. The molecule has 8 heteroatoms. The van der Waals surface area contributed by atoms with E-state index < -0.39 is 23.2 Å². The lowest BCUT2D eigenvalue weighted by Crippen LogP contribution is -2.18. The minimum Gasteiger partial charge on any atom is -0.361 e. The fourth-order valence-electron chi connectivity index (χ4n) is 1.69. The Bertz CT molecular complexity index is 684. The van der Waals surface area contributed by atoms with E-state index in [-0.39, 0.29) is 5.69 Å². The molecule has 0 aliphatic rings. The van der Waals surface area contributed by atoms with Gasteiger partial charge in [0, 0.05) is 0 Å². The molecule has 0 saturated heterocycles. The fraction of sp³-hybridized carbons (Fsp3) is 0.0833. The van der Waals surface area contributed by atoms with Crippen LogP contribution in [0.2, 0.25) is 0 Å². The molecule has 1 aromatic heterocycles. The van der Waals surface area contributed by atoms with Gasteiger partial charge < -0.3 is 5.53 Å². The van der Waals surface area contributed by atoms with Gasteiger partial charge in [0.05, 0.1) is 17.4 Å². The summed E-state index contributed by atoms with van der Waals surface area (Å²) in [6.45, 7) is 0. The first-order valence-electron chi connectivity index (χ1n) is 5.37. The van der Waals surface area contributed by atoms with Crippen LogP contribution in [0.1, 0.15) is 16.1 Å². The first-order chi connectivity index (χ1) is 9.45. The second-order valence-corrected chi connectivity index (χ2v) is 3.76. The molecule has 0 aliphatic carbocycles. The van der Waals surface area contributed by atoms with Gasteiger partial charge in [-0.1, -0.05) is 18.2 Å². The Balaban J connectivity index is 2.66. The maximum atomic E-state index is 13.1. The highest BCUT2D eigenvalue weighted by molar-refractivity contribution is 6.33. The summed E-state index contributed by atoms with van der Waals surface area (Å²) in [5, 5.41) is 3.59. The molecule has 0 N–H and O–H groups in total. The molecule has 1 aromatic carbocycles. The fourth-order valence-corrected chi connectivity index (χ4v) is 1.69. The van der Waals surface area contributed by atoms with Crippen LogP contribution in [0.3, 0.4) is 0 Å². The SMILES string of the molecule is [N-]=[N+]=CC(=O)c1cnn(-c2ccccc2)c1C(F)(F)F. The Labute approximate surface area is 110 Å². The van der Waals surface area contributed by atoms with Gasteiger partial charge in [0.1, 0.15) is 0 Å². The lowest BCUT2D eigenvalue weighted by Gasteiger charge is -2.11. The molecule has 5 nitrogen and oxygen atoms in total. The van der Waals surface area contributed by atoms with Crippen LogP contribution >= 0.6 is 0 Å². The summed E-state index contributed by atoms with van der Waals surface area (Å²) in [5.74, 6) is -1.08. The average Bonchev–Trinajstić information content (AvgIpc) is 2.84. The molecule has 0 radical (unpaired) electrons. The van der Waals surface area contributed by atoms with Crippen LogP contribution in [0.25, 0.3) is 11.2 Å². The number of rotatable bonds is 3. The van der Waals surface area contributed by atoms with E-state index in [1.165, 1.54) is 12.1 Å². The number of hydrogen-bond donors (Lipinski definition) is 0. The zero-order chi connectivity index (χ0) is 14.8. The smallest absolute Gasteiger partial charge is 0.361 e. The Morgan fingerprint density at radius 2 is 1.95 bits per heavy atom. The van der Waals surface area contributed by atoms with E-state index in [4.69, 9.17) is 5.53 Å². The van der Waals surface area contributed by atoms with Crippen molar-refractivity contribution in [3.05, 3.63) is 53.3 Å². The molecule has 102 valence electrons. The summed E-state index contributed by atoms with van der Waals surface area (Å²) in [7, 11) is 0. The minimum atomic E-state index is -4.78. The van der Waals surface area contributed by atoms with Gasteiger partial charge >= 0.3 is 12.4 Å². The number of hydrogen-bond acceptors (Lipinski definition) is 2. The van der Waals surface area contributed by atoms with Crippen molar-refractivity contribution in [2.75, 3.05) is 0 Å². The van der Waals surface area contributed by atoms with Crippen LogP contribution in [0, 0.1) is 0 Å². The van der Waals surface area contributed by atoms with Gasteiger partial charge in [0.15, 0.2) is 5.69 Å². The van der Waals surface area contributed by atoms with Crippen LogP contribution in [0.15, 0.2) is 36.5 Å². The summed E-state index contributed by atoms with van der Waals surface area (Å²) in [6.07, 6.45) is -3.60. The van der Waals surface area contributed by atoms with Crippen molar-refractivity contribution in [2.45, 2.75) is 6.18 Å². The standard InChI is InChI=1S/C12H7F3N4O/c13-12(14,15)11-9(10(20)7-17-16)6-18-19(11)8-4-2-1-3-5-8/h1-7H. The largest absolute Gasteiger partial charge is 0.434 e. The highest BCUT2D eigenvalue weighted by Gasteiger charge is 2.40. The van der Waals surface area contributed by atoms with Crippen molar-refractivity contribution in [1.82, 2.24) is 9.78 Å². The average molecular weight is 280 g/mol. The van der Waals surface area contributed by atoms with E-state index in [0.29, 0.717) is 10.9 Å². The van der Waals surface area contributed by atoms with E-state index in [9.17, 15) is 18.0 Å². The van der Waals surface area contributed by atoms with Crippen molar-refractivity contribution in [3.8, 4) is 5.69 Å². The Morgan fingerprint density at radius 1 is 1.30 bits per heavy atom. The predicted octanol–water partition coefficient (Wildman–Crippen LogP) is 2.37. The molecule has 0 saturated carbocycles. The van der Waals surface area contributed by atoms with E-state index in [2.05, 4.69) is 9.89 Å². The number of carbonyl (C=O) groups is 1. The van der Waals surface area contributed by atoms with Gasteiger partial charge in [0.25, 0.3) is 5.78 Å². The first kappa shape index (κ1) is 13.7. The monoisotopic (exact) mass is 280 g/mol.